The highest BCUT2D eigenvalue weighted by molar-refractivity contribution is 5.70. The Morgan fingerprint density at radius 2 is 1.20 bits per heavy atom. The van der Waals surface area contributed by atoms with E-state index in [0.717, 1.165) is 17.7 Å². The second-order valence-corrected chi connectivity index (χ2v) is 8.14. The largest absolute Gasteiger partial charge is 0.332 e. The van der Waals surface area contributed by atoms with Crippen molar-refractivity contribution < 1.29 is 38.2 Å². The van der Waals surface area contributed by atoms with Gasteiger partial charge in [0.2, 0.25) is 6.29 Å². The molecule has 0 saturated carbocycles. The fraction of sp³-hybridized carbons (Fsp3) is 0.273. The summed E-state index contributed by atoms with van der Waals surface area (Å²) in [6, 6.07) is 8.63. The zero-order chi connectivity index (χ0) is 22.8. The topological polar surface area (TPSA) is 118 Å². The molecule has 2 aromatic carbocycles. The van der Waals surface area contributed by atoms with E-state index in [9.17, 15) is 4.79 Å². The van der Waals surface area contributed by atoms with Gasteiger partial charge in [-0.1, -0.05) is 35.4 Å². The number of aryl methyl sites for hydroxylation is 6. The standard InChI is InChI=1S/C22H25N2O.ClHO4/c1-14-9-16(3)21(17(4)10-14)23-7-8-24(20(23)13-25)22-18(5)11-15(2)12-19(22)6;2-1(3,4)5/h7-13H,1-6H3;(H,2,3,4,5)/q+1;/p-1. The molecule has 3 rings (SSSR count). The molecule has 0 fully saturated rings. The highest BCUT2D eigenvalue weighted by Crippen LogP contribution is 2.23. The smallest absolute Gasteiger partial charge is 0.289 e. The maximum atomic E-state index is 12.0. The number of benzene rings is 2. The average Bonchev–Trinajstić information content (AvgIpc) is 2.94. The summed E-state index contributed by atoms with van der Waals surface area (Å²) in [7, 11) is -4.94. The van der Waals surface area contributed by atoms with Gasteiger partial charge in [0.1, 0.15) is 23.8 Å². The first-order valence-corrected chi connectivity index (χ1v) is 10.4. The number of carbonyl (C=O) groups excluding carboxylic acids is 1. The van der Waals surface area contributed by atoms with Gasteiger partial charge in [0.15, 0.2) is 0 Å². The summed E-state index contributed by atoms with van der Waals surface area (Å²) in [6.45, 7) is 12.6. The van der Waals surface area contributed by atoms with Gasteiger partial charge in [-0.15, -0.1) is 10.2 Å². The Labute approximate surface area is 178 Å². The summed E-state index contributed by atoms with van der Waals surface area (Å²) in [4.78, 5) is 12.0. The van der Waals surface area contributed by atoms with Gasteiger partial charge in [0.25, 0.3) is 0 Å². The molecule has 0 saturated heterocycles. The van der Waals surface area contributed by atoms with Crippen LogP contribution in [0.15, 0.2) is 36.7 Å². The first-order valence-electron chi connectivity index (χ1n) is 9.20. The molecule has 1 aromatic heterocycles. The number of nitrogens with zero attached hydrogens (tertiary/aromatic N) is 2. The zero-order valence-electron chi connectivity index (χ0n) is 17.9. The summed E-state index contributed by atoms with van der Waals surface area (Å²) in [5.74, 6) is 0.630. The van der Waals surface area contributed by atoms with E-state index < -0.39 is 10.2 Å². The molecule has 0 spiro atoms. The molecular weight excluding hydrogens is 408 g/mol. The number of rotatable bonds is 3. The van der Waals surface area contributed by atoms with Crippen molar-refractivity contribution in [1.29, 1.82) is 0 Å². The van der Waals surface area contributed by atoms with E-state index in [-0.39, 0.29) is 0 Å². The Bertz CT molecular complexity index is 957. The van der Waals surface area contributed by atoms with Crippen molar-refractivity contribution in [3.8, 4) is 11.4 Å². The molecule has 0 unspecified atom stereocenters. The summed E-state index contributed by atoms with van der Waals surface area (Å²) in [6.07, 6.45) is 4.90. The van der Waals surface area contributed by atoms with Gasteiger partial charge in [0, 0.05) is 0 Å². The molecule has 160 valence electrons. The Balaban J connectivity index is 0.000000575. The predicted octanol–water partition coefficient (Wildman–Crippen LogP) is -0.339. The van der Waals surface area contributed by atoms with Crippen molar-refractivity contribution in [2.24, 2.45) is 0 Å². The quantitative estimate of drug-likeness (QED) is 0.414. The first-order chi connectivity index (χ1) is 13.8. The Morgan fingerprint density at radius 3 is 1.60 bits per heavy atom. The molecule has 1 heterocycles. The lowest BCUT2D eigenvalue weighted by molar-refractivity contribution is -2.00. The van der Waals surface area contributed by atoms with Crippen LogP contribution in [0.1, 0.15) is 44.0 Å². The Kier molecular flexibility index (Phi) is 7.18. The van der Waals surface area contributed by atoms with Gasteiger partial charge >= 0.3 is 5.82 Å². The van der Waals surface area contributed by atoms with E-state index in [2.05, 4.69) is 65.8 Å². The van der Waals surface area contributed by atoms with Crippen molar-refractivity contribution in [3.63, 3.8) is 0 Å². The van der Waals surface area contributed by atoms with Crippen molar-refractivity contribution in [2.45, 2.75) is 41.5 Å². The third-order valence-corrected chi connectivity index (χ3v) is 4.72. The number of hydrogen-bond donors (Lipinski definition) is 0. The van der Waals surface area contributed by atoms with Crippen molar-refractivity contribution in [2.75, 3.05) is 0 Å². The minimum atomic E-state index is -4.94. The fourth-order valence-corrected chi connectivity index (χ4v) is 4.00. The van der Waals surface area contributed by atoms with Gasteiger partial charge in [-0.3, -0.25) is 4.79 Å². The van der Waals surface area contributed by atoms with Crippen LogP contribution < -0.4 is 23.2 Å². The molecule has 0 aliphatic carbocycles. The van der Waals surface area contributed by atoms with Crippen LogP contribution in [-0.4, -0.2) is 10.9 Å². The molecular formula is C22H25ClN2O5. The van der Waals surface area contributed by atoms with Gasteiger partial charge in [0.05, 0.1) is 0 Å². The summed E-state index contributed by atoms with van der Waals surface area (Å²) in [5.41, 5.74) is 9.29. The second-order valence-electron chi connectivity index (χ2n) is 7.39. The molecule has 7 nitrogen and oxygen atoms in total. The number of hydrogen-bond acceptors (Lipinski definition) is 5. The van der Waals surface area contributed by atoms with E-state index in [0.29, 0.717) is 5.82 Å². The number of aromatic nitrogens is 2. The van der Waals surface area contributed by atoms with Gasteiger partial charge in [-0.25, -0.2) is 18.6 Å². The Hall–Kier alpha value is -2.55. The van der Waals surface area contributed by atoms with E-state index in [1.165, 1.54) is 33.4 Å². The molecule has 0 aliphatic heterocycles. The molecule has 0 radical (unpaired) electrons. The SMILES string of the molecule is Cc1cc(C)c(-n2cc[n+](-c3c(C)cc(C)cc3C)c2C=O)c(C)c1.[O-][Cl+3]([O-])([O-])[O-]. The Morgan fingerprint density at radius 1 is 0.800 bits per heavy atom. The van der Waals surface area contributed by atoms with Crippen LogP contribution in [0.25, 0.3) is 11.4 Å². The first kappa shape index (κ1) is 23.7. The molecule has 8 heteroatoms. The van der Waals surface area contributed by atoms with Crippen LogP contribution >= 0.6 is 0 Å². The maximum Gasteiger partial charge on any atom is 0.332 e. The summed E-state index contributed by atoms with van der Waals surface area (Å²) >= 11 is 0. The number of halogens is 1. The average molecular weight is 433 g/mol. The maximum absolute atomic E-state index is 12.0. The molecule has 3 aromatic rings. The van der Waals surface area contributed by atoms with Gasteiger partial charge in [-0.05, 0) is 63.8 Å². The predicted molar refractivity (Wildman–Crippen MR) is 101 cm³/mol. The number of aldehydes is 1. The van der Waals surface area contributed by atoms with E-state index in [1.807, 2.05) is 21.5 Å². The highest BCUT2D eigenvalue weighted by Gasteiger charge is 2.24. The molecule has 0 amide bonds. The van der Waals surface area contributed by atoms with E-state index >= 15 is 0 Å². The van der Waals surface area contributed by atoms with Crippen LogP contribution in [0.3, 0.4) is 0 Å². The van der Waals surface area contributed by atoms with E-state index in [4.69, 9.17) is 18.6 Å². The summed E-state index contributed by atoms with van der Waals surface area (Å²) in [5, 5.41) is 0. The minimum absolute atomic E-state index is 0.630. The molecule has 0 atom stereocenters. The van der Waals surface area contributed by atoms with Crippen LogP contribution in [0.5, 0.6) is 0 Å². The monoisotopic (exact) mass is 432 g/mol. The molecule has 0 bridgehead atoms. The second kappa shape index (κ2) is 9.07. The van der Waals surface area contributed by atoms with Crippen LogP contribution in [0.2, 0.25) is 0 Å². The van der Waals surface area contributed by atoms with Crippen molar-refractivity contribution >= 4 is 6.29 Å². The highest BCUT2D eigenvalue weighted by atomic mass is 35.7. The lowest BCUT2D eigenvalue weighted by Crippen LogP contribution is -2.68. The fourth-order valence-electron chi connectivity index (χ4n) is 4.00. The van der Waals surface area contributed by atoms with Crippen LogP contribution in [0, 0.1) is 51.8 Å². The molecule has 0 N–H and O–H groups in total. The van der Waals surface area contributed by atoms with E-state index in [1.54, 1.807) is 0 Å². The lowest BCUT2D eigenvalue weighted by atomic mass is 10.0. The summed E-state index contributed by atoms with van der Waals surface area (Å²) < 4.78 is 38.0. The third kappa shape index (κ3) is 5.53. The lowest BCUT2D eigenvalue weighted by Gasteiger charge is -2.17. The van der Waals surface area contributed by atoms with Crippen molar-refractivity contribution in [1.82, 2.24) is 4.57 Å². The van der Waals surface area contributed by atoms with Gasteiger partial charge < -0.3 is 0 Å². The van der Waals surface area contributed by atoms with Crippen molar-refractivity contribution in [3.05, 3.63) is 75.9 Å². The normalized spacial score (nSPS) is 11.1. The minimum Gasteiger partial charge on any atom is -0.289 e. The molecule has 30 heavy (non-hydrogen) atoms. The number of carbonyl (C=O) groups is 1. The number of imidazole rings is 1. The zero-order valence-corrected chi connectivity index (χ0v) is 18.6. The third-order valence-electron chi connectivity index (χ3n) is 4.72. The van der Waals surface area contributed by atoms with Crippen LogP contribution in [-0.2, 0) is 0 Å². The van der Waals surface area contributed by atoms with Gasteiger partial charge in [-0.2, -0.15) is 9.13 Å². The van der Waals surface area contributed by atoms with Crippen LogP contribution in [0.4, 0.5) is 0 Å². The molecule has 0 aliphatic rings.